The minimum absolute atomic E-state index is 0.0296. The molecule has 0 amide bonds. The first-order chi connectivity index (χ1) is 11.1. The maximum absolute atomic E-state index is 12.5. The molecule has 2 aromatic rings. The normalized spacial score (nSPS) is 13.2. The average molecular weight is 333 g/mol. The van der Waals surface area contributed by atoms with Crippen molar-refractivity contribution < 1.29 is 13.6 Å². The Morgan fingerprint density at radius 3 is 1.74 bits per heavy atom. The lowest BCUT2D eigenvalue weighted by molar-refractivity contribution is 0.265. The second-order valence-electron chi connectivity index (χ2n) is 5.42. The lowest BCUT2D eigenvalue weighted by Gasteiger charge is -2.25. The van der Waals surface area contributed by atoms with Gasteiger partial charge >= 0.3 is 7.60 Å². The molecule has 0 spiro atoms. The van der Waals surface area contributed by atoms with Crippen LogP contribution >= 0.6 is 7.60 Å². The van der Waals surface area contributed by atoms with Gasteiger partial charge in [0.05, 0.1) is 11.7 Å². The summed E-state index contributed by atoms with van der Waals surface area (Å²) in [6.45, 7) is 2.39. The molecule has 1 atom stereocenters. The lowest BCUT2D eigenvalue weighted by atomic mass is 9.99. The summed E-state index contributed by atoms with van der Waals surface area (Å²) in [4.78, 5) is 0. The van der Waals surface area contributed by atoms with Gasteiger partial charge in [0, 0.05) is 20.8 Å². The summed E-state index contributed by atoms with van der Waals surface area (Å²) >= 11 is 0. The summed E-state index contributed by atoms with van der Waals surface area (Å²) in [6, 6.07) is 20.4. The third-order valence-corrected chi connectivity index (χ3v) is 6.21. The van der Waals surface area contributed by atoms with Crippen molar-refractivity contribution in [3.63, 3.8) is 0 Å². The minimum atomic E-state index is -3.07. The molecule has 0 unspecified atom stereocenters. The van der Waals surface area contributed by atoms with E-state index >= 15 is 0 Å². The van der Waals surface area contributed by atoms with E-state index in [-0.39, 0.29) is 11.7 Å². The van der Waals surface area contributed by atoms with Gasteiger partial charge in [-0.25, -0.2) is 0 Å². The van der Waals surface area contributed by atoms with Crippen molar-refractivity contribution in [3.05, 3.63) is 71.8 Å². The SMILES string of the molecule is COP(=O)(OC)[C@@H](C)CNC(c1ccccc1)c1ccccc1. The van der Waals surface area contributed by atoms with Gasteiger partial charge in [-0.1, -0.05) is 60.7 Å². The molecule has 5 heteroatoms. The standard InChI is InChI=1S/C18H24NO3P/c1-15(23(20,21-2)22-3)14-19-18(16-10-6-4-7-11-16)17-12-8-5-9-13-17/h4-13,15,18-19H,14H2,1-3H3/t15-/m0/s1. The van der Waals surface area contributed by atoms with E-state index in [1.165, 1.54) is 14.2 Å². The molecule has 0 saturated carbocycles. The number of hydrogen-bond acceptors (Lipinski definition) is 4. The maximum Gasteiger partial charge on any atom is 0.334 e. The quantitative estimate of drug-likeness (QED) is 0.734. The van der Waals surface area contributed by atoms with E-state index in [1.54, 1.807) is 0 Å². The van der Waals surface area contributed by atoms with E-state index in [2.05, 4.69) is 29.6 Å². The van der Waals surface area contributed by atoms with Gasteiger partial charge in [-0.15, -0.1) is 0 Å². The van der Waals surface area contributed by atoms with Gasteiger partial charge in [0.15, 0.2) is 0 Å². The average Bonchev–Trinajstić information content (AvgIpc) is 2.62. The molecule has 2 aromatic carbocycles. The predicted octanol–water partition coefficient (Wildman–Crippen LogP) is 4.24. The highest BCUT2D eigenvalue weighted by atomic mass is 31.2. The van der Waals surface area contributed by atoms with Crippen molar-refractivity contribution in [1.82, 2.24) is 5.32 Å². The third kappa shape index (κ3) is 4.52. The van der Waals surface area contributed by atoms with Crippen LogP contribution in [0.25, 0.3) is 0 Å². The highest BCUT2D eigenvalue weighted by Gasteiger charge is 2.30. The molecule has 0 aliphatic heterocycles. The van der Waals surface area contributed by atoms with Crippen molar-refractivity contribution in [3.8, 4) is 0 Å². The van der Waals surface area contributed by atoms with Crippen molar-refractivity contribution in [2.75, 3.05) is 20.8 Å². The Labute approximate surface area is 138 Å². The third-order valence-electron chi connectivity index (χ3n) is 3.93. The molecule has 4 nitrogen and oxygen atoms in total. The van der Waals surface area contributed by atoms with E-state index in [0.29, 0.717) is 6.54 Å². The summed E-state index contributed by atoms with van der Waals surface area (Å²) < 4.78 is 22.6. The van der Waals surface area contributed by atoms with Crippen molar-refractivity contribution >= 4 is 7.60 Å². The van der Waals surface area contributed by atoms with Crippen LogP contribution in [0.5, 0.6) is 0 Å². The highest BCUT2D eigenvalue weighted by molar-refractivity contribution is 7.54. The van der Waals surface area contributed by atoms with Gasteiger partial charge < -0.3 is 14.4 Å². The fraction of sp³-hybridized carbons (Fsp3) is 0.333. The predicted molar refractivity (Wildman–Crippen MR) is 93.8 cm³/mol. The van der Waals surface area contributed by atoms with Crippen LogP contribution < -0.4 is 5.32 Å². The first-order valence-electron chi connectivity index (χ1n) is 7.65. The summed E-state index contributed by atoms with van der Waals surface area (Å²) in [5.41, 5.74) is 2.08. The van der Waals surface area contributed by atoms with E-state index < -0.39 is 7.60 Å². The molecule has 0 bridgehead atoms. The molecule has 0 fully saturated rings. The van der Waals surface area contributed by atoms with Crippen molar-refractivity contribution in [2.24, 2.45) is 0 Å². The van der Waals surface area contributed by atoms with Crippen LogP contribution in [0.3, 0.4) is 0 Å². The Bertz CT molecular complexity index is 586. The van der Waals surface area contributed by atoms with Crippen LogP contribution in [0.1, 0.15) is 24.1 Å². The Morgan fingerprint density at radius 1 is 0.913 bits per heavy atom. The molecule has 0 aliphatic rings. The molecule has 23 heavy (non-hydrogen) atoms. The molecule has 0 saturated heterocycles. The number of hydrogen-bond donors (Lipinski definition) is 1. The highest BCUT2D eigenvalue weighted by Crippen LogP contribution is 2.51. The van der Waals surface area contributed by atoms with Gasteiger partial charge in [0.2, 0.25) is 0 Å². The summed E-state index contributed by atoms with van der Waals surface area (Å²) in [5, 5.41) is 3.49. The molecule has 1 N–H and O–H groups in total. The second-order valence-corrected chi connectivity index (χ2v) is 8.11. The Balaban J connectivity index is 2.18. The summed E-state index contributed by atoms with van der Waals surface area (Å²) in [6.07, 6.45) is 0. The first-order valence-corrected chi connectivity index (χ1v) is 9.26. The maximum atomic E-state index is 12.5. The summed E-state index contributed by atoms with van der Waals surface area (Å²) in [5.74, 6) is 0. The zero-order valence-electron chi connectivity index (χ0n) is 13.8. The van der Waals surface area contributed by atoms with Crippen LogP contribution in [0.15, 0.2) is 60.7 Å². The molecule has 0 heterocycles. The van der Waals surface area contributed by atoms with Gasteiger partial charge in [0.25, 0.3) is 0 Å². The van der Waals surface area contributed by atoms with Gasteiger partial charge in [0.1, 0.15) is 0 Å². The van der Waals surface area contributed by atoms with Crippen LogP contribution in [0.4, 0.5) is 0 Å². The molecular formula is C18H24NO3P. The Kier molecular flexibility index (Phi) is 6.55. The molecule has 2 rings (SSSR count). The Morgan fingerprint density at radius 2 is 1.35 bits per heavy atom. The lowest BCUT2D eigenvalue weighted by Crippen LogP contribution is -2.30. The molecule has 0 aromatic heterocycles. The summed E-state index contributed by atoms with van der Waals surface area (Å²) in [7, 11) is -0.228. The molecule has 0 radical (unpaired) electrons. The van der Waals surface area contributed by atoms with Crippen LogP contribution in [0, 0.1) is 0 Å². The molecular weight excluding hydrogens is 309 g/mol. The van der Waals surface area contributed by atoms with E-state index in [4.69, 9.17) is 9.05 Å². The smallest absolute Gasteiger partial charge is 0.312 e. The van der Waals surface area contributed by atoms with E-state index in [0.717, 1.165) is 11.1 Å². The topological polar surface area (TPSA) is 47.6 Å². The number of rotatable bonds is 8. The van der Waals surface area contributed by atoms with Crippen molar-refractivity contribution in [1.29, 1.82) is 0 Å². The fourth-order valence-electron chi connectivity index (χ4n) is 2.55. The van der Waals surface area contributed by atoms with Gasteiger partial charge in [-0.2, -0.15) is 0 Å². The number of nitrogens with one attached hydrogen (secondary N) is 1. The van der Waals surface area contributed by atoms with Gasteiger partial charge in [-0.05, 0) is 18.1 Å². The zero-order chi connectivity index (χ0) is 16.7. The van der Waals surface area contributed by atoms with E-state index in [9.17, 15) is 4.57 Å². The molecule has 0 aliphatic carbocycles. The zero-order valence-corrected chi connectivity index (χ0v) is 14.7. The Hall–Kier alpha value is -1.45. The van der Waals surface area contributed by atoms with E-state index in [1.807, 2.05) is 43.3 Å². The van der Waals surface area contributed by atoms with Gasteiger partial charge in [-0.3, -0.25) is 4.57 Å². The largest absolute Gasteiger partial charge is 0.334 e. The van der Waals surface area contributed by atoms with Crippen LogP contribution in [-0.2, 0) is 13.6 Å². The van der Waals surface area contributed by atoms with Crippen LogP contribution in [-0.4, -0.2) is 26.4 Å². The monoisotopic (exact) mass is 333 g/mol. The second kappa shape index (κ2) is 8.42. The minimum Gasteiger partial charge on any atom is -0.312 e. The fourth-order valence-corrected chi connectivity index (χ4v) is 3.75. The number of benzene rings is 2. The van der Waals surface area contributed by atoms with Crippen molar-refractivity contribution in [2.45, 2.75) is 18.6 Å². The van der Waals surface area contributed by atoms with Crippen LogP contribution in [0.2, 0.25) is 0 Å². The first kappa shape index (κ1) is 17.9. The molecule has 124 valence electrons.